The topological polar surface area (TPSA) is 21.3 Å². The van der Waals surface area contributed by atoms with Gasteiger partial charge in [-0.3, -0.25) is 0 Å². The highest BCUT2D eigenvalue weighted by atomic mass is 16.5. The summed E-state index contributed by atoms with van der Waals surface area (Å²) in [6.07, 6.45) is 0.953. The van der Waals surface area contributed by atoms with Gasteiger partial charge in [-0.15, -0.1) is 0 Å². The lowest BCUT2D eigenvalue weighted by Gasteiger charge is -2.19. The SMILES string of the molecule is CNC(CCOc1cccc(C)c1)c1ccc(C)cc1C. The summed E-state index contributed by atoms with van der Waals surface area (Å²) < 4.78 is 5.86. The zero-order valence-electron chi connectivity index (χ0n) is 13.4. The highest BCUT2D eigenvalue weighted by molar-refractivity contribution is 5.33. The van der Waals surface area contributed by atoms with Gasteiger partial charge in [-0.1, -0.05) is 35.9 Å². The molecule has 0 spiro atoms. The number of nitrogens with one attached hydrogen (secondary N) is 1. The Balaban J connectivity index is 1.96. The molecule has 0 fully saturated rings. The first kappa shape index (κ1) is 15.6. The lowest BCUT2D eigenvalue weighted by atomic mass is 9.97. The molecule has 2 nitrogen and oxygen atoms in total. The van der Waals surface area contributed by atoms with Crippen molar-refractivity contribution >= 4 is 0 Å². The molecule has 0 saturated carbocycles. The van der Waals surface area contributed by atoms with Crippen molar-refractivity contribution in [3.8, 4) is 5.75 Å². The summed E-state index contributed by atoms with van der Waals surface area (Å²) >= 11 is 0. The fraction of sp³-hybridized carbons (Fsp3) is 0.368. The normalized spacial score (nSPS) is 12.2. The Morgan fingerprint density at radius 2 is 1.76 bits per heavy atom. The Morgan fingerprint density at radius 3 is 2.43 bits per heavy atom. The van der Waals surface area contributed by atoms with E-state index < -0.39 is 0 Å². The van der Waals surface area contributed by atoms with Gasteiger partial charge in [-0.05, 0) is 56.6 Å². The largest absolute Gasteiger partial charge is 0.494 e. The van der Waals surface area contributed by atoms with Gasteiger partial charge in [-0.25, -0.2) is 0 Å². The minimum absolute atomic E-state index is 0.329. The molecule has 2 heteroatoms. The zero-order chi connectivity index (χ0) is 15.2. The van der Waals surface area contributed by atoms with Gasteiger partial charge in [0, 0.05) is 12.5 Å². The molecule has 21 heavy (non-hydrogen) atoms. The van der Waals surface area contributed by atoms with Crippen LogP contribution in [0.2, 0.25) is 0 Å². The number of hydrogen-bond acceptors (Lipinski definition) is 2. The molecule has 0 aliphatic rings. The van der Waals surface area contributed by atoms with Gasteiger partial charge in [0.15, 0.2) is 0 Å². The molecule has 0 amide bonds. The maximum atomic E-state index is 5.86. The van der Waals surface area contributed by atoms with Crippen LogP contribution in [-0.4, -0.2) is 13.7 Å². The Kier molecular flexibility index (Phi) is 5.40. The van der Waals surface area contributed by atoms with Gasteiger partial charge >= 0.3 is 0 Å². The van der Waals surface area contributed by atoms with Crippen molar-refractivity contribution in [3.05, 3.63) is 64.7 Å². The van der Waals surface area contributed by atoms with Crippen molar-refractivity contribution in [1.82, 2.24) is 5.32 Å². The van der Waals surface area contributed by atoms with Crippen LogP contribution in [-0.2, 0) is 0 Å². The fourth-order valence-corrected chi connectivity index (χ4v) is 2.67. The van der Waals surface area contributed by atoms with E-state index >= 15 is 0 Å². The highest BCUT2D eigenvalue weighted by Crippen LogP contribution is 2.22. The van der Waals surface area contributed by atoms with E-state index in [0.717, 1.165) is 12.2 Å². The second-order valence-electron chi connectivity index (χ2n) is 5.65. The summed E-state index contributed by atoms with van der Waals surface area (Å²) in [5, 5.41) is 3.40. The van der Waals surface area contributed by atoms with Crippen LogP contribution in [0.3, 0.4) is 0 Å². The molecular formula is C19H25NO. The van der Waals surface area contributed by atoms with Gasteiger partial charge in [0.2, 0.25) is 0 Å². The number of benzene rings is 2. The Bertz CT molecular complexity index is 592. The van der Waals surface area contributed by atoms with E-state index in [-0.39, 0.29) is 0 Å². The van der Waals surface area contributed by atoms with Gasteiger partial charge in [-0.2, -0.15) is 0 Å². The van der Waals surface area contributed by atoms with Gasteiger partial charge in [0.25, 0.3) is 0 Å². The second kappa shape index (κ2) is 7.28. The summed E-state index contributed by atoms with van der Waals surface area (Å²) in [5.41, 5.74) is 5.23. The smallest absolute Gasteiger partial charge is 0.119 e. The molecule has 2 rings (SSSR count). The second-order valence-corrected chi connectivity index (χ2v) is 5.65. The molecule has 0 aliphatic heterocycles. The molecule has 1 unspecified atom stereocenters. The molecule has 2 aromatic rings. The van der Waals surface area contributed by atoms with Crippen molar-refractivity contribution < 1.29 is 4.74 Å². The van der Waals surface area contributed by atoms with Crippen LogP contribution in [0, 0.1) is 20.8 Å². The first-order valence-corrected chi connectivity index (χ1v) is 7.54. The molecule has 112 valence electrons. The van der Waals surface area contributed by atoms with Crippen LogP contribution in [0.15, 0.2) is 42.5 Å². The standard InChI is InChI=1S/C19H25NO/c1-14-6-5-7-17(13-14)21-11-10-19(20-4)18-9-8-15(2)12-16(18)3/h5-9,12-13,19-20H,10-11H2,1-4H3. The third kappa shape index (κ3) is 4.33. The number of hydrogen-bond donors (Lipinski definition) is 1. The lowest BCUT2D eigenvalue weighted by molar-refractivity contribution is 0.290. The minimum Gasteiger partial charge on any atom is -0.494 e. The van der Waals surface area contributed by atoms with E-state index in [0.29, 0.717) is 12.6 Å². The van der Waals surface area contributed by atoms with Crippen molar-refractivity contribution in [2.24, 2.45) is 0 Å². The monoisotopic (exact) mass is 283 g/mol. The van der Waals surface area contributed by atoms with E-state index in [2.05, 4.69) is 56.4 Å². The van der Waals surface area contributed by atoms with Crippen molar-refractivity contribution in [3.63, 3.8) is 0 Å². The number of rotatable bonds is 6. The number of ether oxygens (including phenoxy) is 1. The van der Waals surface area contributed by atoms with Gasteiger partial charge in [0.05, 0.1) is 6.61 Å². The molecule has 1 atom stereocenters. The Morgan fingerprint density at radius 1 is 1.00 bits per heavy atom. The van der Waals surface area contributed by atoms with Crippen LogP contribution in [0.1, 0.15) is 34.7 Å². The molecule has 0 heterocycles. The summed E-state index contributed by atoms with van der Waals surface area (Å²) in [7, 11) is 2.01. The van der Waals surface area contributed by atoms with Crippen LogP contribution in [0.25, 0.3) is 0 Å². The van der Waals surface area contributed by atoms with E-state index in [9.17, 15) is 0 Å². The van der Waals surface area contributed by atoms with E-state index in [1.807, 2.05) is 19.2 Å². The van der Waals surface area contributed by atoms with Crippen molar-refractivity contribution in [1.29, 1.82) is 0 Å². The van der Waals surface area contributed by atoms with Crippen LogP contribution < -0.4 is 10.1 Å². The van der Waals surface area contributed by atoms with Crippen LogP contribution >= 0.6 is 0 Å². The fourth-order valence-electron chi connectivity index (χ4n) is 2.67. The van der Waals surface area contributed by atoms with Crippen LogP contribution in [0.4, 0.5) is 0 Å². The molecule has 0 saturated heterocycles. The average Bonchev–Trinajstić information content (AvgIpc) is 2.45. The first-order valence-electron chi connectivity index (χ1n) is 7.54. The highest BCUT2D eigenvalue weighted by Gasteiger charge is 2.12. The molecule has 0 aliphatic carbocycles. The Labute approximate surface area is 128 Å². The average molecular weight is 283 g/mol. The molecule has 1 N–H and O–H groups in total. The van der Waals surface area contributed by atoms with Crippen molar-refractivity contribution in [2.45, 2.75) is 33.2 Å². The van der Waals surface area contributed by atoms with Crippen LogP contribution in [0.5, 0.6) is 5.75 Å². The third-order valence-corrected chi connectivity index (χ3v) is 3.81. The third-order valence-electron chi connectivity index (χ3n) is 3.81. The summed E-state index contributed by atoms with van der Waals surface area (Å²) in [4.78, 5) is 0. The van der Waals surface area contributed by atoms with E-state index in [1.54, 1.807) is 0 Å². The predicted molar refractivity (Wildman–Crippen MR) is 89.0 cm³/mol. The summed E-state index contributed by atoms with van der Waals surface area (Å²) in [5.74, 6) is 0.950. The molecule has 2 aromatic carbocycles. The molecule has 0 bridgehead atoms. The van der Waals surface area contributed by atoms with Gasteiger partial charge in [0.1, 0.15) is 5.75 Å². The van der Waals surface area contributed by atoms with E-state index in [4.69, 9.17) is 4.74 Å². The number of aryl methyl sites for hydroxylation is 3. The molecule has 0 aromatic heterocycles. The van der Waals surface area contributed by atoms with Gasteiger partial charge < -0.3 is 10.1 Å². The van der Waals surface area contributed by atoms with Crippen molar-refractivity contribution in [2.75, 3.05) is 13.7 Å². The minimum atomic E-state index is 0.329. The predicted octanol–water partition coefficient (Wildman–Crippen LogP) is 4.34. The summed E-state index contributed by atoms with van der Waals surface area (Å²) in [6, 6.07) is 15.2. The maximum absolute atomic E-state index is 5.86. The summed E-state index contributed by atoms with van der Waals surface area (Å²) in [6.45, 7) is 7.10. The molecule has 0 radical (unpaired) electrons. The van der Waals surface area contributed by atoms with E-state index in [1.165, 1.54) is 22.3 Å². The maximum Gasteiger partial charge on any atom is 0.119 e. The first-order chi connectivity index (χ1) is 10.1. The Hall–Kier alpha value is -1.80. The lowest BCUT2D eigenvalue weighted by Crippen LogP contribution is -2.20. The zero-order valence-corrected chi connectivity index (χ0v) is 13.4. The molecular weight excluding hydrogens is 258 g/mol. The quantitative estimate of drug-likeness (QED) is 0.851.